The molecule has 2 heteroatoms. The van der Waals surface area contributed by atoms with Crippen molar-refractivity contribution in [1.29, 1.82) is 0 Å². The van der Waals surface area contributed by atoms with Crippen LogP contribution in [0.25, 0.3) is 6.08 Å². The van der Waals surface area contributed by atoms with Crippen molar-refractivity contribution in [3.63, 3.8) is 0 Å². The van der Waals surface area contributed by atoms with Gasteiger partial charge in [-0.1, -0.05) is 0 Å². The Hall–Kier alpha value is -0.366. The van der Waals surface area contributed by atoms with Gasteiger partial charge >= 0.3 is 134 Å². The van der Waals surface area contributed by atoms with E-state index in [4.69, 9.17) is 0 Å². The van der Waals surface area contributed by atoms with Gasteiger partial charge in [0.1, 0.15) is 0 Å². The summed E-state index contributed by atoms with van der Waals surface area (Å²) >= 11 is -0.750. The summed E-state index contributed by atoms with van der Waals surface area (Å²) in [6.07, 6.45) is 13.4. The Kier molecular flexibility index (Phi) is 5.27. The molecule has 2 unspecified atom stereocenters. The second-order valence-electron chi connectivity index (χ2n) is 6.62. The fourth-order valence-electron chi connectivity index (χ4n) is 4.14. The van der Waals surface area contributed by atoms with E-state index in [1.54, 1.807) is 26.2 Å². The van der Waals surface area contributed by atoms with Gasteiger partial charge in [0.25, 0.3) is 0 Å². The molecule has 1 saturated heterocycles. The number of allylic oxidation sites excluding steroid dienone is 5. The molecule has 3 aliphatic rings. The summed E-state index contributed by atoms with van der Waals surface area (Å²) in [6, 6.07) is 8.97. The van der Waals surface area contributed by atoms with Gasteiger partial charge in [-0.25, -0.2) is 0 Å². The van der Waals surface area contributed by atoms with Gasteiger partial charge in [0.15, 0.2) is 0 Å². The largest absolute Gasteiger partial charge is 1.00 e. The van der Waals surface area contributed by atoms with Gasteiger partial charge in [0, 0.05) is 0 Å². The number of hydrogen-bond acceptors (Lipinski definition) is 0. The quantitative estimate of drug-likeness (QED) is 0.678. The molecule has 0 bridgehead atoms. The number of hydrogen-bond donors (Lipinski definition) is 0. The van der Waals surface area contributed by atoms with Crippen molar-refractivity contribution in [2.75, 3.05) is 0 Å². The van der Waals surface area contributed by atoms with E-state index in [0.717, 1.165) is 10.1 Å². The van der Waals surface area contributed by atoms with Crippen LogP contribution < -0.4 is 17.0 Å². The van der Waals surface area contributed by atoms with E-state index < -0.39 is 17.9 Å². The molecule has 4 rings (SSSR count). The third-order valence-corrected chi connectivity index (χ3v) is 9.55. The first-order chi connectivity index (χ1) is 10.4. The Morgan fingerprint density at radius 2 is 1.95 bits per heavy atom. The van der Waals surface area contributed by atoms with Crippen molar-refractivity contribution in [3.05, 3.63) is 64.8 Å². The molecule has 22 heavy (non-hydrogen) atoms. The zero-order valence-electron chi connectivity index (χ0n) is 13.2. The maximum Gasteiger partial charge on any atom is -1.00 e. The van der Waals surface area contributed by atoms with Gasteiger partial charge in [-0.15, -0.1) is 0 Å². The first-order valence-electron chi connectivity index (χ1n) is 8.35. The Morgan fingerprint density at radius 1 is 1.14 bits per heavy atom. The number of fused-ring (bicyclic) bond motifs is 1. The monoisotopic (exact) mass is 390 g/mol. The minimum Gasteiger partial charge on any atom is -1.00 e. The van der Waals surface area contributed by atoms with Crippen LogP contribution in [-0.2, 0) is 24.3 Å². The second kappa shape index (κ2) is 7.03. The number of rotatable bonds is 5. The van der Waals surface area contributed by atoms with Gasteiger partial charge in [0.05, 0.1) is 0 Å². The fraction of sp³-hybridized carbons (Fsp3) is 0.400. The molecule has 1 aliphatic heterocycles. The van der Waals surface area contributed by atoms with Crippen molar-refractivity contribution in [3.8, 4) is 0 Å². The van der Waals surface area contributed by atoms with Crippen molar-refractivity contribution in [2.45, 2.75) is 39.9 Å². The van der Waals surface area contributed by atoms with Gasteiger partial charge in [-0.3, -0.25) is 0 Å². The number of benzene rings is 1. The van der Waals surface area contributed by atoms with Gasteiger partial charge < -0.3 is 17.0 Å². The summed E-state index contributed by atoms with van der Waals surface area (Å²) in [5, 5.41) is 0. The maximum atomic E-state index is 2.51. The molecule has 0 spiro atoms. The molecule has 114 valence electrons. The summed E-state index contributed by atoms with van der Waals surface area (Å²) in [6.45, 7) is 2.41. The molecule has 1 aromatic carbocycles. The molecule has 1 fully saturated rings. The molecule has 2 atom stereocenters. The Bertz CT molecular complexity index is 637. The summed E-state index contributed by atoms with van der Waals surface area (Å²) < 4.78 is 4.18. The molecule has 0 N–H and O–H groups in total. The van der Waals surface area contributed by atoms with E-state index in [9.17, 15) is 0 Å². The topological polar surface area (TPSA) is 0 Å². The van der Waals surface area contributed by atoms with Crippen LogP contribution in [0.1, 0.15) is 30.9 Å². The minimum absolute atomic E-state index is 0. The van der Waals surface area contributed by atoms with Crippen molar-refractivity contribution >= 4 is 6.08 Å². The van der Waals surface area contributed by atoms with E-state index in [1.807, 2.05) is 0 Å². The predicted octanol–water partition coefficient (Wildman–Crippen LogP) is 2.80. The minimum atomic E-state index is -0.750. The summed E-state index contributed by atoms with van der Waals surface area (Å²) in [4.78, 5) is 0. The molecule has 0 nitrogen and oxygen atoms in total. The average Bonchev–Trinajstić information content (AvgIpc) is 3.03. The first kappa shape index (κ1) is 16.5. The van der Waals surface area contributed by atoms with Crippen LogP contribution in [0.5, 0.6) is 0 Å². The fourth-order valence-corrected chi connectivity index (χ4v) is 9.01. The second-order valence-corrected chi connectivity index (χ2v) is 11.2. The van der Waals surface area contributed by atoms with Gasteiger partial charge in [0.2, 0.25) is 0 Å². The molecule has 0 amide bonds. The molecule has 1 heterocycles. The van der Waals surface area contributed by atoms with E-state index in [1.165, 1.54) is 24.8 Å². The molecule has 0 aromatic heterocycles. The molecule has 0 saturated carbocycles. The Morgan fingerprint density at radius 3 is 2.59 bits per heavy atom. The van der Waals surface area contributed by atoms with Crippen molar-refractivity contribution in [2.24, 2.45) is 5.92 Å². The summed E-state index contributed by atoms with van der Waals surface area (Å²) in [5.41, 5.74) is 6.52. The molecule has 0 radical (unpaired) electrons. The summed E-state index contributed by atoms with van der Waals surface area (Å²) in [7, 11) is 0. The van der Waals surface area contributed by atoms with E-state index in [0.29, 0.717) is 0 Å². The van der Waals surface area contributed by atoms with Crippen LogP contribution in [-0.4, -0.2) is 0 Å². The van der Waals surface area contributed by atoms with Crippen LogP contribution in [0, 0.1) is 5.92 Å². The Balaban J connectivity index is 0.00000144. The van der Waals surface area contributed by atoms with Crippen LogP contribution in [0.15, 0.2) is 53.6 Å². The zero-order valence-corrected chi connectivity index (χ0v) is 16.3. The van der Waals surface area contributed by atoms with Gasteiger partial charge in [-0.05, 0) is 0 Å². The van der Waals surface area contributed by atoms with E-state index >= 15 is 0 Å². The number of halogens is 1. The van der Waals surface area contributed by atoms with E-state index in [-0.39, 0.29) is 17.0 Å². The zero-order chi connectivity index (χ0) is 14.2. The average molecular weight is 391 g/mol. The predicted molar refractivity (Wildman–Crippen MR) is 87.1 cm³/mol. The standard InChI is InChI=1S/C18H19.C2H4.BrH.Ti/c1-2-15(11-14-7-3-4-8-14)18-12-16-9-5-6-10-17(16)13-18;1-2;;/h3-7,9-12,15H,2,8,13H2,1H3;1-2H2;1H;/q;;;+1/p-1. The maximum absolute atomic E-state index is 2.51. The smallest absolute Gasteiger partial charge is 1.00 e. The van der Waals surface area contributed by atoms with Crippen molar-refractivity contribution in [1.82, 2.24) is 0 Å². The molecule has 2 aliphatic carbocycles. The van der Waals surface area contributed by atoms with Crippen molar-refractivity contribution < 1.29 is 34.9 Å². The third kappa shape index (κ3) is 3.13. The molecular formula is C20H23BrTi. The molecular weight excluding hydrogens is 368 g/mol. The van der Waals surface area contributed by atoms with Crippen LogP contribution in [0.2, 0.25) is 13.7 Å². The third-order valence-electron chi connectivity index (χ3n) is 5.29. The van der Waals surface area contributed by atoms with Gasteiger partial charge in [-0.2, -0.15) is 0 Å². The first-order valence-corrected chi connectivity index (χ1v) is 11.5. The van der Waals surface area contributed by atoms with E-state index in [2.05, 4.69) is 55.5 Å². The molecule has 1 aromatic rings. The normalized spacial score (nSPS) is 20.9. The van der Waals surface area contributed by atoms with Crippen LogP contribution in [0.3, 0.4) is 0 Å². The van der Waals surface area contributed by atoms with Crippen LogP contribution >= 0.6 is 0 Å². The van der Waals surface area contributed by atoms with Crippen LogP contribution in [0.4, 0.5) is 0 Å². The SMILES string of the molecule is CCC(C1=Cc2ccccc2C1)[CH](C1=CC=CC1)[Ti+]1[CH2][CH2]1.[Br-]. The summed E-state index contributed by atoms with van der Waals surface area (Å²) in [5.74, 6) is 0.820. The Labute approximate surface area is 151 Å².